The van der Waals surface area contributed by atoms with E-state index in [9.17, 15) is 22.8 Å². The van der Waals surface area contributed by atoms with Gasteiger partial charge in [0.2, 0.25) is 5.91 Å². The van der Waals surface area contributed by atoms with Gasteiger partial charge in [-0.3, -0.25) is 14.6 Å². The second-order valence-electron chi connectivity index (χ2n) is 6.74. The summed E-state index contributed by atoms with van der Waals surface area (Å²) in [6.45, 7) is 0.899. The SMILES string of the molecule is NC(=O)C1CN(C(=O)c2cncs2)CC12CN(c1nc(C(F)(F)F)co1)C2. The van der Waals surface area contributed by atoms with Gasteiger partial charge in [0.25, 0.3) is 11.9 Å². The number of anilines is 1. The lowest BCUT2D eigenvalue weighted by Crippen LogP contribution is -2.62. The molecule has 2 amide bonds. The van der Waals surface area contributed by atoms with Crippen LogP contribution < -0.4 is 10.6 Å². The Morgan fingerprint density at radius 3 is 2.63 bits per heavy atom. The number of halogens is 3. The maximum absolute atomic E-state index is 12.7. The molecule has 4 rings (SSSR count). The summed E-state index contributed by atoms with van der Waals surface area (Å²) in [6, 6.07) is -0.164. The number of carbonyl (C=O) groups excluding carboxylic acids is 2. The molecular formula is C15H14F3N5O3S. The Labute approximate surface area is 154 Å². The normalized spacial score (nSPS) is 21.5. The molecule has 2 aliphatic heterocycles. The van der Waals surface area contributed by atoms with Crippen LogP contribution in [0.3, 0.4) is 0 Å². The molecule has 2 aromatic heterocycles. The van der Waals surface area contributed by atoms with Crippen molar-refractivity contribution in [3.8, 4) is 0 Å². The number of alkyl halides is 3. The molecule has 2 aliphatic rings. The number of thiazole rings is 1. The highest BCUT2D eigenvalue weighted by atomic mass is 32.1. The number of hydrogen-bond acceptors (Lipinski definition) is 7. The fourth-order valence-electron chi connectivity index (χ4n) is 3.70. The van der Waals surface area contributed by atoms with E-state index < -0.39 is 29.1 Å². The van der Waals surface area contributed by atoms with E-state index in [1.165, 1.54) is 32.8 Å². The van der Waals surface area contributed by atoms with Crippen molar-refractivity contribution in [3.63, 3.8) is 0 Å². The van der Waals surface area contributed by atoms with E-state index in [1.807, 2.05) is 0 Å². The first kappa shape index (κ1) is 17.8. The zero-order valence-corrected chi connectivity index (χ0v) is 14.6. The smallest absolute Gasteiger partial charge is 0.431 e. The summed E-state index contributed by atoms with van der Waals surface area (Å²) in [5.41, 5.74) is 5.32. The van der Waals surface area contributed by atoms with Crippen molar-refractivity contribution in [2.45, 2.75) is 6.18 Å². The minimum Gasteiger partial charge on any atom is -0.431 e. The van der Waals surface area contributed by atoms with Crippen molar-refractivity contribution in [1.29, 1.82) is 0 Å². The summed E-state index contributed by atoms with van der Waals surface area (Å²) in [5.74, 6) is -1.38. The highest BCUT2D eigenvalue weighted by Crippen LogP contribution is 2.46. The number of nitrogens with two attached hydrogens (primary N) is 1. The van der Waals surface area contributed by atoms with E-state index >= 15 is 0 Å². The molecule has 2 aromatic rings. The maximum atomic E-state index is 12.7. The van der Waals surface area contributed by atoms with Crippen LogP contribution >= 0.6 is 11.3 Å². The van der Waals surface area contributed by atoms with E-state index in [-0.39, 0.29) is 38.1 Å². The summed E-state index contributed by atoms with van der Waals surface area (Å²) in [5, 5.41) is 0. The molecular weight excluding hydrogens is 387 g/mol. The van der Waals surface area contributed by atoms with Gasteiger partial charge in [-0.25, -0.2) is 0 Å². The van der Waals surface area contributed by atoms with Crippen molar-refractivity contribution >= 4 is 29.2 Å². The number of oxazole rings is 1. The van der Waals surface area contributed by atoms with Crippen LogP contribution in [0.4, 0.5) is 19.2 Å². The molecule has 1 unspecified atom stereocenters. The standard InChI is InChI=1S/C15H14F3N5O3S/c16-15(17,18)10-3-26-13(21-10)23-5-14(6-23)4-22(2-8(14)11(19)24)12(25)9-1-20-7-27-9/h1,3,7-8H,2,4-6H2,(H2,19,24). The predicted molar refractivity (Wildman–Crippen MR) is 86.9 cm³/mol. The van der Waals surface area contributed by atoms with E-state index in [1.54, 1.807) is 0 Å². The molecule has 2 fully saturated rings. The third kappa shape index (κ3) is 2.93. The Hall–Kier alpha value is -2.63. The summed E-state index contributed by atoms with van der Waals surface area (Å²) in [7, 11) is 0. The zero-order chi connectivity index (χ0) is 19.4. The van der Waals surface area contributed by atoms with Gasteiger partial charge in [0.15, 0.2) is 5.69 Å². The molecule has 8 nitrogen and oxygen atoms in total. The van der Waals surface area contributed by atoms with Crippen LogP contribution in [-0.2, 0) is 11.0 Å². The molecule has 4 heterocycles. The minimum atomic E-state index is -4.59. The fraction of sp³-hybridized carbons (Fsp3) is 0.467. The van der Waals surface area contributed by atoms with Crippen LogP contribution in [0.25, 0.3) is 0 Å². The van der Waals surface area contributed by atoms with Crippen molar-refractivity contribution in [2.24, 2.45) is 17.1 Å². The molecule has 144 valence electrons. The lowest BCUT2D eigenvalue weighted by molar-refractivity contribution is -0.141. The molecule has 2 N–H and O–H groups in total. The average molecular weight is 401 g/mol. The van der Waals surface area contributed by atoms with Crippen molar-refractivity contribution in [3.05, 3.63) is 28.5 Å². The molecule has 0 aliphatic carbocycles. The fourth-order valence-corrected chi connectivity index (χ4v) is 4.29. The van der Waals surface area contributed by atoms with E-state index in [2.05, 4.69) is 9.97 Å². The summed E-state index contributed by atoms with van der Waals surface area (Å²) in [4.78, 5) is 35.3. The van der Waals surface area contributed by atoms with E-state index in [0.717, 1.165) is 0 Å². The third-order valence-corrected chi connectivity index (χ3v) is 5.75. The Morgan fingerprint density at radius 1 is 1.33 bits per heavy atom. The lowest BCUT2D eigenvalue weighted by Gasteiger charge is -2.49. The highest BCUT2D eigenvalue weighted by molar-refractivity contribution is 7.11. The van der Waals surface area contributed by atoms with Crippen molar-refractivity contribution < 1.29 is 27.2 Å². The van der Waals surface area contributed by atoms with Crippen molar-refractivity contribution in [1.82, 2.24) is 14.9 Å². The number of amides is 2. The van der Waals surface area contributed by atoms with Gasteiger partial charge in [0, 0.05) is 31.6 Å². The van der Waals surface area contributed by atoms with Gasteiger partial charge >= 0.3 is 6.18 Å². The molecule has 2 saturated heterocycles. The Balaban J connectivity index is 1.50. The number of rotatable bonds is 3. The number of hydrogen-bond donors (Lipinski definition) is 1. The number of nitrogens with zero attached hydrogens (tertiary/aromatic N) is 4. The molecule has 1 atom stereocenters. The first-order chi connectivity index (χ1) is 12.7. The summed E-state index contributed by atoms with van der Waals surface area (Å²) < 4.78 is 42.9. The van der Waals surface area contributed by atoms with Gasteiger partial charge in [-0.1, -0.05) is 0 Å². The van der Waals surface area contributed by atoms with Crippen LogP contribution in [0.15, 0.2) is 22.4 Å². The third-order valence-electron chi connectivity index (χ3n) is 4.99. The molecule has 0 aromatic carbocycles. The molecule has 27 heavy (non-hydrogen) atoms. The van der Waals surface area contributed by atoms with Crippen LogP contribution in [0.2, 0.25) is 0 Å². The second-order valence-corrected chi connectivity index (χ2v) is 7.62. The molecule has 12 heteroatoms. The Kier molecular flexibility index (Phi) is 3.91. The minimum absolute atomic E-state index is 0.164. The van der Waals surface area contributed by atoms with Gasteiger partial charge in [0.05, 0.1) is 17.6 Å². The molecule has 1 spiro atoms. The monoisotopic (exact) mass is 401 g/mol. The molecule has 0 saturated carbocycles. The quantitative estimate of drug-likeness (QED) is 0.829. The number of carbonyl (C=O) groups is 2. The van der Waals surface area contributed by atoms with Crippen LogP contribution in [-0.4, -0.2) is 52.9 Å². The Bertz CT molecular complexity index is 876. The average Bonchev–Trinajstić information content (AvgIpc) is 3.29. The first-order valence-corrected chi connectivity index (χ1v) is 8.82. The number of aromatic nitrogens is 2. The zero-order valence-electron chi connectivity index (χ0n) is 13.8. The van der Waals surface area contributed by atoms with Crippen LogP contribution in [0, 0.1) is 11.3 Å². The number of likely N-dealkylation sites (tertiary alicyclic amines) is 1. The summed E-state index contributed by atoms with van der Waals surface area (Å²) in [6.07, 6.45) is -2.58. The van der Waals surface area contributed by atoms with Gasteiger partial charge in [-0.15, -0.1) is 11.3 Å². The van der Waals surface area contributed by atoms with Crippen LogP contribution in [0.5, 0.6) is 0 Å². The van der Waals surface area contributed by atoms with Gasteiger partial charge in [0.1, 0.15) is 11.1 Å². The summed E-state index contributed by atoms with van der Waals surface area (Å²) >= 11 is 1.20. The largest absolute Gasteiger partial charge is 0.436 e. The first-order valence-electron chi connectivity index (χ1n) is 7.94. The lowest BCUT2D eigenvalue weighted by atomic mass is 9.71. The van der Waals surface area contributed by atoms with Gasteiger partial charge in [-0.05, 0) is 0 Å². The molecule has 0 bridgehead atoms. The van der Waals surface area contributed by atoms with Gasteiger partial charge in [-0.2, -0.15) is 18.2 Å². The van der Waals surface area contributed by atoms with Crippen LogP contribution in [0.1, 0.15) is 15.4 Å². The van der Waals surface area contributed by atoms with Gasteiger partial charge < -0.3 is 20.0 Å². The topological polar surface area (TPSA) is 106 Å². The van der Waals surface area contributed by atoms with E-state index in [4.69, 9.17) is 10.2 Å². The highest BCUT2D eigenvalue weighted by Gasteiger charge is 2.58. The molecule has 0 radical (unpaired) electrons. The number of primary amides is 1. The Morgan fingerprint density at radius 2 is 2.07 bits per heavy atom. The predicted octanol–water partition coefficient (Wildman–Crippen LogP) is 1.21. The van der Waals surface area contributed by atoms with Crippen molar-refractivity contribution in [2.75, 3.05) is 31.1 Å². The second kappa shape index (κ2) is 5.94. The maximum Gasteiger partial charge on any atom is 0.436 e. The van der Waals surface area contributed by atoms with E-state index in [0.29, 0.717) is 11.1 Å².